The Kier molecular flexibility index (Phi) is 4.03. The summed E-state index contributed by atoms with van der Waals surface area (Å²) in [6.07, 6.45) is 2.43. The molecular weight excluding hydrogens is 242 g/mol. The van der Waals surface area contributed by atoms with Crippen molar-refractivity contribution in [3.63, 3.8) is 0 Å². The van der Waals surface area contributed by atoms with Gasteiger partial charge in [-0.3, -0.25) is 4.99 Å². The zero-order chi connectivity index (χ0) is 13.7. The zero-order valence-corrected chi connectivity index (χ0v) is 10.3. The lowest BCUT2D eigenvalue weighted by Crippen LogP contribution is -1.90. The van der Waals surface area contributed by atoms with E-state index in [4.69, 9.17) is 5.11 Å². The summed E-state index contributed by atoms with van der Waals surface area (Å²) in [6, 6.07) is 11.6. The summed E-state index contributed by atoms with van der Waals surface area (Å²) in [5.74, 6) is -0.0319. The van der Waals surface area contributed by atoms with Crippen LogP contribution in [0.25, 0.3) is 0 Å². The highest BCUT2D eigenvalue weighted by Gasteiger charge is 1.98. The lowest BCUT2D eigenvalue weighted by Gasteiger charge is -1.99. The molecule has 0 aliphatic carbocycles. The first-order valence-electron chi connectivity index (χ1n) is 5.95. The zero-order valence-electron chi connectivity index (χ0n) is 10.3. The molecule has 0 atom stereocenters. The van der Waals surface area contributed by atoms with Gasteiger partial charge in [0, 0.05) is 12.8 Å². The summed E-state index contributed by atoms with van der Waals surface area (Å²) >= 11 is 0. The van der Waals surface area contributed by atoms with Gasteiger partial charge in [0.05, 0.1) is 0 Å². The van der Waals surface area contributed by atoms with E-state index in [-0.39, 0.29) is 17.2 Å². The monoisotopic (exact) mass is 257 g/mol. The molecule has 0 fully saturated rings. The maximum Gasteiger partial charge on any atom is 0.158 e. The Balaban J connectivity index is 1.89. The molecule has 0 spiro atoms. The largest absolute Gasteiger partial charge is 0.508 e. The molecule has 0 saturated carbocycles. The van der Waals surface area contributed by atoms with Crippen molar-refractivity contribution in [1.82, 2.24) is 0 Å². The molecule has 4 heteroatoms. The van der Waals surface area contributed by atoms with Crippen molar-refractivity contribution < 1.29 is 15.3 Å². The van der Waals surface area contributed by atoms with Crippen LogP contribution in [0.1, 0.15) is 11.1 Å². The molecule has 19 heavy (non-hydrogen) atoms. The third-order valence-electron chi connectivity index (χ3n) is 2.71. The minimum Gasteiger partial charge on any atom is -0.508 e. The predicted octanol–water partition coefficient (Wildman–Crippen LogP) is 2.47. The molecular formula is C15H15NO3. The van der Waals surface area contributed by atoms with Gasteiger partial charge in [0.25, 0.3) is 0 Å². The quantitative estimate of drug-likeness (QED) is 0.582. The molecule has 0 amide bonds. The van der Waals surface area contributed by atoms with E-state index < -0.39 is 0 Å². The molecule has 2 rings (SSSR count). The van der Waals surface area contributed by atoms with Crippen molar-refractivity contribution in [1.29, 1.82) is 0 Å². The van der Waals surface area contributed by atoms with Gasteiger partial charge in [0.2, 0.25) is 0 Å². The van der Waals surface area contributed by atoms with Crippen LogP contribution >= 0.6 is 0 Å². The van der Waals surface area contributed by atoms with Gasteiger partial charge in [-0.2, -0.15) is 0 Å². The van der Waals surface area contributed by atoms with Crippen LogP contribution in [0.5, 0.6) is 17.2 Å². The van der Waals surface area contributed by atoms with E-state index in [1.165, 1.54) is 12.1 Å². The molecule has 2 aromatic rings. The summed E-state index contributed by atoms with van der Waals surface area (Å²) in [5.41, 5.74) is 1.84. The van der Waals surface area contributed by atoms with Crippen LogP contribution in [-0.2, 0) is 6.42 Å². The first-order valence-corrected chi connectivity index (χ1v) is 5.95. The number of benzene rings is 2. The lowest BCUT2D eigenvalue weighted by molar-refractivity contribution is 0.403. The second kappa shape index (κ2) is 5.91. The second-order valence-electron chi connectivity index (χ2n) is 4.20. The molecule has 0 unspecified atom stereocenters. The van der Waals surface area contributed by atoms with Gasteiger partial charge in [0.15, 0.2) is 11.5 Å². The number of phenols is 3. The fourth-order valence-corrected chi connectivity index (χ4v) is 1.65. The summed E-state index contributed by atoms with van der Waals surface area (Å²) in [5, 5.41) is 27.6. The van der Waals surface area contributed by atoms with Crippen LogP contribution in [-0.4, -0.2) is 28.1 Å². The first-order chi connectivity index (χ1) is 9.15. The SMILES string of the molecule is Oc1ccc(CC/N=C/c2ccc(O)c(O)c2)cc1. The Morgan fingerprint density at radius 1 is 0.895 bits per heavy atom. The predicted molar refractivity (Wildman–Crippen MR) is 74.0 cm³/mol. The summed E-state index contributed by atoms with van der Waals surface area (Å²) in [4.78, 5) is 4.25. The molecule has 0 radical (unpaired) electrons. The minimum absolute atomic E-state index is 0.138. The van der Waals surface area contributed by atoms with Gasteiger partial charge < -0.3 is 15.3 Å². The van der Waals surface area contributed by atoms with Crippen LogP contribution < -0.4 is 0 Å². The average molecular weight is 257 g/mol. The number of hydrogen-bond acceptors (Lipinski definition) is 4. The number of nitrogens with zero attached hydrogens (tertiary/aromatic N) is 1. The highest BCUT2D eigenvalue weighted by Crippen LogP contribution is 2.23. The van der Waals surface area contributed by atoms with Gasteiger partial charge in [-0.1, -0.05) is 12.1 Å². The van der Waals surface area contributed by atoms with E-state index >= 15 is 0 Å². The molecule has 0 aromatic heterocycles. The smallest absolute Gasteiger partial charge is 0.158 e. The van der Waals surface area contributed by atoms with Crippen molar-refractivity contribution in [3.8, 4) is 17.2 Å². The maximum atomic E-state index is 9.33. The molecule has 2 aromatic carbocycles. The second-order valence-corrected chi connectivity index (χ2v) is 4.20. The first kappa shape index (κ1) is 13.0. The van der Waals surface area contributed by atoms with E-state index in [2.05, 4.69) is 4.99 Å². The number of aromatic hydroxyl groups is 3. The molecule has 0 aliphatic rings. The van der Waals surface area contributed by atoms with Crippen LogP contribution in [0.3, 0.4) is 0 Å². The molecule has 4 nitrogen and oxygen atoms in total. The van der Waals surface area contributed by atoms with Gasteiger partial charge in [-0.05, 0) is 47.9 Å². The number of hydrogen-bond donors (Lipinski definition) is 3. The topological polar surface area (TPSA) is 73.1 Å². The third-order valence-corrected chi connectivity index (χ3v) is 2.71. The van der Waals surface area contributed by atoms with Crippen molar-refractivity contribution in [3.05, 3.63) is 53.6 Å². The molecule has 98 valence electrons. The van der Waals surface area contributed by atoms with Crippen LogP contribution in [0.15, 0.2) is 47.5 Å². The van der Waals surface area contributed by atoms with Gasteiger partial charge in [-0.15, -0.1) is 0 Å². The summed E-state index contributed by atoms with van der Waals surface area (Å²) in [7, 11) is 0. The van der Waals surface area contributed by atoms with Gasteiger partial charge in [-0.25, -0.2) is 0 Å². The van der Waals surface area contributed by atoms with Gasteiger partial charge >= 0.3 is 0 Å². The van der Waals surface area contributed by atoms with Crippen molar-refractivity contribution in [2.75, 3.05) is 6.54 Å². The average Bonchev–Trinajstić information content (AvgIpc) is 2.41. The van der Waals surface area contributed by atoms with E-state index in [1.807, 2.05) is 12.1 Å². The van der Waals surface area contributed by atoms with Crippen molar-refractivity contribution in [2.45, 2.75) is 6.42 Å². The highest BCUT2D eigenvalue weighted by atomic mass is 16.3. The molecule has 0 bridgehead atoms. The highest BCUT2D eigenvalue weighted by molar-refractivity contribution is 5.80. The van der Waals surface area contributed by atoms with E-state index in [0.29, 0.717) is 6.54 Å². The minimum atomic E-state index is -0.150. The van der Waals surface area contributed by atoms with Gasteiger partial charge in [0.1, 0.15) is 5.75 Å². The van der Waals surface area contributed by atoms with Crippen molar-refractivity contribution >= 4 is 6.21 Å². The molecule has 0 heterocycles. The summed E-state index contributed by atoms with van der Waals surface area (Å²) in [6.45, 7) is 0.617. The third kappa shape index (κ3) is 3.74. The number of rotatable bonds is 4. The number of aliphatic imine (C=N–C) groups is 1. The Bertz CT molecular complexity index is 576. The Hall–Kier alpha value is -2.49. The molecule has 0 aliphatic heterocycles. The summed E-state index contributed by atoms with van der Waals surface area (Å²) < 4.78 is 0. The van der Waals surface area contributed by atoms with Crippen LogP contribution in [0.4, 0.5) is 0 Å². The van der Waals surface area contributed by atoms with Crippen LogP contribution in [0, 0.1) is 0 Å². The fourth-order valence-electron chi connectivity index (χ4n) is 1.65. The van der Waals surface area contributed by atoms with Crippen LogP contribution in [0.2, 0.25) is 0 Å². The standard InChI is InChI=1S/C15H15NO3/c17-13-4-1-11(2-5-13)7-8-16-10-12-3-6-14(18)15(19)9-12/h1-6,9-10,17-19H,7-8H2/b16-10+. The Morgan fingerprint density at radius 3 is 2.32 bits per heavy atom. The van der Waals surface area contributed by atoms with E-state index in [9.17, 15) is 10.2 Å². The van der Waals surface area contributed by atoms with Crippen molar-refractivity contribution in [2.24, 2.45) is 4.99 Å². The van der Waals surface area contributed by atoms with E-state index in [0.717, 1.165) is 17.5 Å². The van der Waals surface area contributed by atoms with E-state index in [1.54, 1.807) is 24.4 Å². The Morgan fingerprint density at radius 2 is 1.63 bits per heavy atom. The molecule has 3 N–H and O–H groups in total. The maximum absolute atomic E-state index is 9.33. The number of phenolic OH excluding ortho intramolecular Hbond substituents is 3. The fraction of sp³-hybridized carbons (Fsp3) is 0.133. The Labute approximate surface area is 111 Å². The lowest BCUT2D eigenvalue weighted by atomic mass is 10.1. The molecule has 0 saturated heterocycles. The normalized spacial score (nSPS) is 10.9.